The number of amides is 3. The summed E-state index contributed by atoms with van der Waals surface area (Å²) in [5, 5.41) is 5.86. The normalized spacial score (nSPS) is 17.2. The molecule has 0 saturated carbocycles. The minimum Gasteiger partial charge on any atom is -0.381 e. The van der Waals surface area contributed by atoms with Gasteiger partial charge in [0, 0.05) is 38.5 Å². The van der Waals surface area contributed by atoms with Crippen LogP contribution in [0.25, 0.3) is 0 Å². The van der Waals surface area contributed by atoms with E-state index in [4.69, 9.17) is 4.74 Å². The molecule has 1 aliphatic rings. The van der Waals surface area contributed by atoms with Crippen LogP contribution in [0.15, 0.2) is 30.3 Å². The SMILES string of the molecule is CC(C)COCCCNC(=O)N1CCC[C@H](C(=O)Nc2ccccc2)C1. The molecule has 0 bridgehead atoms. The third-order valence-electron chi connectivity index (χ3n) is 4.31. The molecule has 6 nitrogen and oxygen atoms in total. The number of hydrogen-bond acceptors (Lipinski definition) is 3. The van der Waals surface area contributed by atoms with E-state index in [0.717, 1.165) is 31.6 Å². The molecule has 1 saturated heterocycles. The van der Waals surface area contributed by atoms with Crippen molar-refractivity contribution in [1.82, 2.24) is 10.2 Å². The lowest BCUT2D eigenvalue weighted by Gasteiger charge is -2.32. The molecule has 1 fully saturated rings. The van der Waals surface area contributed by atoms with Gasteiger partial charge in [-0.25, -0.2) is 4.79 Å². The molecule has 1 atom stereocenters. The van der Waals surface area contributed by atoms with Gasteiger partial charge in [0.1, 0.15) is 0 Å². The number of carbonyl (C=O) groups is 2. The fourth-order valence-corrected chi connectivity index (χ4v) is 2.94. The quantitative estimate of drug-likeness (QED) is 0.699. The lowest BCUT2D eigenvalue weighted by Crippen LogP contribution is -2.48. The Bertz CT molecular complexity index is 563. The van der Waals surface area contributed by atoms with Crippen molar-refractivity contribution in [3.05, 3.63) is 30.3 Å². The second kappa shape index (κ2) is 10.8. The van der Waals surface area contributed by atoms with Crippen molar-refractivity contribution in [3.8, 4) is 0 Å². The molecular formula is C20H31N3O3. The molecule has 1 aliphatic heterocycles. The fraction of sp³-hybridized carbons (Fsp3) is 0.600. The van der Waals surface area contributed by atoms with Crippen LogP contribution in [0.3, 0.4) is 0 Å². The number of rotatable bonds is 8. The topological polar surface area (TPSA) is 70.7 Å². The Morgan fingerprint density at radius 1 is 1.27 bits per heavy atom. The summed E-state index contributed by atoms with van der Waals surface area (Å²) >= 11 is 0. The lowest BCUT2D eigenvalue weighted by atomic mass is 9.97. The highest BCUT2D eigenvalue weighted by Crippen LogP contribution is 2.18. The second-order valence-electron chi connectivity index (χ2n) is 7.19. The summed E-state index contributed by atoms with van der Waals surface area (Å²) in [6.07, 6.45) is 2.45. The van der Waals surface area contributed by atoms with Gasteiger partial charge in [0.15, 0.2) is 0 Å². The van der Waals surface area contributed by atoms with E-state index < -0.39 is 0 Å². The second-order valence-corrected chi connectivity index (χ2v) is 7.19. The van der Waals surface area contributed by atoms with E-state index in [0.29, 0.717) is 32.2 Å². The summed E-state index contributed by atoms with van der Waals surface area (Å²) < 4.78 is 5.51. The number of piperidine rings is 1. The number of likely N-dealkylation sites (tertiary alicyclic amines) is 1. The van der Waals surface area contributed by atoms with Crippen molar-refractivity contribution >= 4 is 17.6 Å². The maximum Gasteiger partial charge on any atom is 0.317 e. The van der Waals surface area contributed by atoms with E-state index in [-0.39, 0.29) is 17.9 Å². The van der Waals surface area contributed by atoms with Crippen molar-refractivity contribution in [2.24, 2.45) is 11.8 Å². The highest BCUT2D eigenvalue weighted by Gasteiger charge is 2.28. The summed E-state index contributed by atoms with van der Waals surface area (Å²) in [6.45, 7) is 7.39. The van der Waals surface area contributed by atoms with Gasteiger partial charge in [0.05, 0.1) is 5.92 Å². The molecule has 0 radical (unpaired) electrons. The average molecular weight is 361 g/mol. The number of nitrogens with zero attached hydrogens (tertiary/aromatic N) is 1. The molecule has 2 rings (SSSR count). The maximum absolute atomic E-state index is 12.4. The third-order valence-corrected chi connectivity index (χ3v) is 4.31. The Kier molecular flexibility index (Phi) is 8.41. The molecule has 0 aromatic heterocycles. The summed E-state index contributed by atoms with van der Waals surface area (Å²) in [7, 11) is 0. The van der Waals surface area contributed by atoms with Gasteiger partial charge in [-0.2, -0.15) is 0 Å². The summed E-state index contributed by atoms with van der Waals surface area (Å²) in [5.41, 5.74) is 0.792. The van der Waals surface area contributed by atoms with Crippen molar-refractivity contribution in [1.29, 1.82) is 0 Å². The van der Waals surface area contributed by atoms with Gasteiger partial charge in [-0.3, -0.25) is 4.79 Å². The molecule has 0 unspecified atom stereocenters. The van der Waals surface area contributed by atoms with Crippen LogP contribution in [0, 0.1) is 11.8 Å². The number of carbonyl (C=O) groups excluding carboxylic acids is 2. The molecular weight excluding hydrogens is 330 g/mol. The first-order valence-corrected chi connectivity index (χ1v) is 9.52. The smallest absolute Gasteiger partial charge is 0.317 e. The Morgan fingerprint density at radius 3 is 2.77 bits per heavy atom. The Hall–Kier alpha value is -2.08. The van der Waals surface area contributed by atoms with Crippen LogP contribution in [0.2, 0.25) is 0 Å². The number of ether oxygens (including phenoxy) is 1. The van der Waals surface area contributed by atoms with Crippen LogP contribution >= 0.6 is 0 Å². The maximum atomic E-state index is 12.4. The van der Waals surface area contributed by atoms with Gasteiger partial charge in [-0.15, -0.1) is 0 Å². The van der Waals surface area contributed by atoms with E-state index in [1.807, 2.05) is 30.3 Å². The van der Waals surface area contributed by atoms with Gasteiger partial charge in [0.2, 0.25) is 5.91 Å². The lowest BCUT2D eigenvalue weighted by molar-refractivity contribution is -0.121. The highest BCUT2D eigenvalue weighted by atomic mass is 16.5. The van der Waals surface area contributed by atoms with E-state index in [1.54, 1.807) is 4.90 Å². The zero-order valence-corrected chi connectivity index (χ0v) is 15.9. The van der Waals surface area contributed by atoms with E-state index >= 15 is 0 Å². The van der Waals surface area contributed by atoms with Gasteiger partial charge in [-0.1, -0.05) is 32.0 Å². The van der Waals surface area contributed by atoms with Crippen molar-refractivity contribution in [3.63, 3.8) is 0 Å². The van der Waals surface area contributed by atoms with E-state index in [2.05, 4.69) is 24.5 Å². The molecule has 1 aromatic rings. The van der Waals surface area contributed by atoms with Crippen LogP contribution in [0.4, 0.5) is 10.5 Å². The first-order chi connectivity index (χ1) is 12.6. The first-order valence-electron chi connectivity index (χ1n) is 9.52. The Morgan fingerprint density at radius 2 is 2.04 bits per heavy atom. The molecule has 26 heavy (non-hydrogen) atoms. The van der Waals surface area contributed by atoms with Crippen LogP contribution < -0.4 is 10.6 Å². The standard InChI is InChI=1S/C20H31N3O3/c1-16(2)15-26-13-7-11-21-20(25)23-12-6-8-17(14-23)19(24)22-18-9-4-3-5-10-18/h3-5,9-10,16-17H,6-8,11-15H2,1-2H3,(H,21,25)(H,22,24)/t17-/m0/s1. The number of urea groups is 1. The predicted octanol–water partition coefficient (Wildman–Crippen LogP) is 3.11. The molecule has 6 heteroatoms. The number of benzene rings is 1. The Labute approximate surface area is 156 Å². The summed E-state index contributed by atoms with van der Waals surface area (Å²) in [4.78, 5) is 26.5. The Balaban J connectivity index is 1.69. The van der Waals surface area contributed by atoms with Gasteiger partial charge in [0.25, 0.3) is 0 Å². The molecule has 1 heterocycles. The molecule has 144 valence electrons. The average Bonchev–Trinajstić information content (AvgIpc) is 2.65. The largest absolute Gasteiger partial charge is 0.381 e. The van der Waals surface area contributed by atoms with Gasteiger partial charge in [-0.05, 0) is 37.3 Å². The third kappa shape index (κ3) is 7.04. The number of anilines is 1. The van der Waals surface area contributed by atoms with Crippen LogP contribution in [-0.4, -0.2) is 49.7 Å². The van der Waals surface area contributed by atoms with E-state index in [9.17, 15) is 9.59 Å². The van der Waals surface area contributed by atoms with Crippen LogP contribution in [-0.2, 0) is 9.53 Å². The number of para-hydroxylation sites is 1. The van der Waals surface area contributed by atoms with Gasteiger partial charge < -0.3 is 20.3 Å². The molecule has 2 N–H and O–H groups in total. The van der Waals surface area contributed by atoms with E-state index in [1.165, 1.54) is 0 Å². The predicted molar refractivity (Wildman–Crippen MR) is 103 cm³/mol. The number of nitrogens with one attached hydrogen (secondary N) is 2. The van der Waals surface area contributed by atoms with Crippen molar-refractivity contribution in [2.45, 2.75) is 33.1 Å². The fourth-order valence-electron chi connectivity index (χ4n) is 2.94. The molecule has 1 aromatic carbocycles. The highest BCUT2D eigenvalue weighted by molar-refractivity contribution is 5.93. The van der Waals surface area contributed by atoms with Crippen LogP contribution in [0.5, 0.6) is 0 Å². The van der Waals surface area contributed by atoms with Crippen molar-refractivity contribution < 1.29 is 14.3 Å². The molecule has 0 aliphatic carbocycles. The molecule has 0 spiro atoms. The zero-order valence-electron chi connectivity index (χ0n) is 15.9. The zero-order chi connectivity index (χ0) is 18.8. The van der Waals surface area contributed by atoms with Crippen LogP contribution in [0.1, 0.15) is 33.1 Å². The monoisotopic (exact) mass is 361 g/mol. The number of hydrogen-bond donors (Lipinski definition) is 2. The minimum atomic E-state index is -0.163. The first kappa shape index (κ1) is 20.2. The minimum absolute atomic E-state index is 0.0178. The van der Waals surface area contributed by atoms with Crippen molar-refractivity contribution in [2.75, 3.05) is 38.2 Å². The summed E-state index contributed by atoms with van der Waals surface area (Å²) in [5.74, 6) is 0.344. The summed E-state index contributed by atoms with van der Waals surface area (Å²) in [6, 6.07) is 9.34. The van der Waals surface area contributed by atoms with Gasteiger partial charge >= 0.3 is 6.03 Å². The molecule has 3 amide bonds.